The van der Waals surface area contributed by atoms with Crippen molar-refractivity contribution in [3.63, 3.8) is 0 Å². The van der Waals surface area contributed by atoms with Gasteiger partial charge in [-0.05, 0) is 94.5 Å². The van der Waals surface area contributed by atoms with Crippen molar-refractivity contribution < 1.29 is 35.9 Å². The van der Waals surface area contributed by atoms with Crippen LogP contribution in [0.3, 0.4) is 0 Å². The first-order valence-electron chi connectivity index (χ1n) is 19.8. The monoisotopic (exact) mass is 862 g/mol. The largest absolute Gasteiger partial charge is 0.471 e. The van der Waals surface area contributed by atoms with E-state index >= 15 is 0 Å². The van der Waals surface area contributed by atoms with Crippen LogP contribution in [0.5, 0.6) is 0 Å². The summed E-state index contributed by atoms with van der Waals surface area (Å²) in [7, 11) is 0. The molecule has 0 aliphatic carbocycles. The van der Waals surface area contributed by atoms with Gasteiger partial charge in [-0.15, -0.1) is 15.3 Å². The Morgan fingerprint density at radius 1 is 0.574 bits per heavy atom. The zero-order chi connectivity index (χ0) is 43.1. The fourth-order valence-corrected chi connectivity index (χ4v) is 7.73. The number of carbonyl (C=O) groups excluding carboxylic acids is 2. The van der Waals surface area contributed by atoms with Crippen LogP contribution in [0.4, 0.5) is 38.0 Å². The molecular formula is C44H41ClF6N8O2. The van der Waals surface area contributed by atoms with Crippen molar-refractivity contribution in [2.45, 2.75) is 38.0 Å². The number of anilines is 2. The number of nitrogens with zero attached hydrogens (tertiary/aromatic N) is 6. The Kier molecular flexibility index (Phi) is 13.2. The summed E-state index contributed by atoms with van der Waals surface area (Å²) < 4.78 is 74.0. The van der Waals surface area contributed by atoms with Gasteiger partial charge in [0, 0.05) is 50.4 Å². The molecule has 4 aromatic carbocycles. The number of piperidine rings is 2. The molecular weight excluding hydrogens is 822 g/mol. The van der Waals surface area contributed by atoms with Crippen molar-refractivity contribution in [3.8, 4) is 22.3 Å². The van der Waals surface area contributed by atoms with Crippen LogP contribution < -0.4 is 20.4 Å². The Balaban J connectivity index is 0.000000184. The minimum absolute atomic E-state index is 0.0113. The van der Waals surface area contributed by atoms with Gasteiger partial charge >= 0.3 is 24.2 Å². The predicted octanol–water partition coefficient (Wildman–Crippen LogP) is 9.04. The summed E-state index contributed by atoms with van der Waals surface area (Å²) >= 11 is 6.33. The van der Waals surface area contributed by atoms with Gasteiger partial charge in [0.2, 0.25) is 0 Å². The maximum absolute atomic E-state index is 12.3. The summed E-state index contributed by atoms with van der Waals surface area (Å²) in [6.07, 6.45) is -5.30. The number of halogens is 7. The second-order valence-electron chi connectivity index (χ2n) is 15.1. The van der Waals surface area contributed by atoms with Crippen LogP contribution >= 0.6 is 11.6 Å². The molecule has 2 saturated heterocycles. The molecule has 2 amide bonds. The van der Waals surface area contributed by atoms with Gasteiger partial charge in [-0.3, -0.25) is 9.59 Å². The zero-order valence-corrected chi connectivity index (χ0v) is 33.4. The van der Waals surface area contributed by atoms with Crippen LogP contribution in [-0.4, -0.2) is 83.8 Å². The number of hydrogen-bond acceptors (Lipinski definition) is 8. The van der Waals surface area contributed by atoms with E-state index in [1.165, 1.54) is 5.39 Å². The second-order valence-corrected chi connectivity index (χ2v) is 15.5. The Hall–Kier alpha value is -6.03. The molecule has 10 nitrogen and oxygen atoms in total. The molecule has 0 unspecified atom stereocenters. The quantitative estimate of drug-likeness (QED) is 0.146. The van der Waals surface area contributed by atoms with Crippen molar-refractivity contribution in [1.82, 2.24) is 31.0 Å². The minimum Gasteiger partial charge on any atom is -0.355 e. The van der Waals surface area contributed by atoms with Crippen LogP contribution in [0, 0.1) is 11.8 Å². The standard InChI is InChI=1S/C22H20ClF3N4O.C22H21F3N4O/c23-20-18(17-6-5-15-3-1-2-4-16(15)11-17)12-19(28-29-20)30-9-7-14(8-10-30)13-27-21(31)22(24,25)26;23-22(24,25)21(30)26-13-15-7-9-29(10-8-15)20-12-19(14-27-28-20)18-6-5-16-3-1-2-4-17(16)11-18/h1-6,11-12,14H,7-10,13H2,(H,27,31);1-6,11-12,14-15H,7-10,13H2,(H,26,30). The van der Waals surface area contributed by atoms with Gasteiger partial charge in [-0.25, -0.2) is 0 Å². The Labute approximate surface area is 352 Å². The maximum atomic E-state index is 12.3. The smallest absolute Gasteiger partial charge is 0.355 e. The van der Waals surface area contributed by atoms with Crippen LogP contribution in [-0.2, 0) is 9.59 Å². The van der Waals surface area contributed by atoms with E-state index in [2.05, 4.69) is 61.7 Å². The molecule has 2 N–H and O–H groups in total. The summed E-state index contributed by atoms with van der Waals surface area (Å²) in [6, 6.07) is 32.4. The molecule has 17 heteroatoms. The van der Waals surface area contributed by atoms with Crippen LogP contribution in [0.15, 0.2) is 103 Å². The molecule has 61 heavy (non-hydrogen) atoms. The number of benzene rings is 4. The number of hydrogen-bond donors (Lipinski definition) is 2. The van der Waals surface area contributed by atoms with Gasteiger partial charge in [0.15, 0.2) is 16.8 Å². The van der Waals surface area contributed by atoms with E-state index in [0.29, 0.717) is 62.8 Å². The van der Waals surface area contributed by atoms with E-state index in [1.807, 2.05) is 76.2 Å². The lowest BCUT2D eigenvalue weighted by Crippen LogP contribution is -2.42. The first kappa shape index (κ1) is 43.1. The molecule has 2 fully saturated rings. The summed E-state index contributed by atoms with van der Waals surface area (Å²) in [6.45, 7) is 2.58. The van der Waals surface area contributed by atoms with Gasteiger partial charge < -0.3 is 20.4 Å². The highest BCUT2D eigenvalue weighted by molar-refractivity contribution is 6.32. The molecule has 0 atom stereocenters. The molecule has 0 saturated carbocycles. The Morgan fingerprint density at radius 3 is 1.54 bits per heavy atom. The molecule has 8 rings (SSSR count). The lowest BCUT2D eigenvalue weighted by atomic mass is 9.96. The minimum atomic E-state index is -4.85. The normalized spacial score (nSPS) is 15.3. The number of rotatable bonds is 8. The van der Waals surface area contributed by atoms with Crippen LogP contribution in [0.1, 0.15) is 25.7 Å². The summed E-state index contributed by atoms with van der Waals surface area (Å²) in [5.74, 6) is -2.34. The van der Waals surface area contributed by atoms with E-state index in [1.54, 1.807) is 6.20 Å². The van der Waals surface area contributed by atoms with Crippen molar-refractivity contribution in [2.75, 3.05) is 49.1 Å². The first-order valence-corrected chi connectivity index (χ1v) is 20.1. The molecule has 0 bridgehead atoms. The first-order chi connectivity index (χ1) is 29.2. The predicted molar refractivity (Wildman–Crippen MR) is 223 cm³/mol. The Bertz CT molecular complexity index is 2490. The summed E-state index contributed by atoms with van der Waals surface area (Å²) in [4.78, 5) is 26.1. The molecule has 0 spiro atoms. The third-order valence-electron chi connectivity index (χ3n) is 11.0. The van der Waals surface area contributed by atoms with Crippen molar-refractivity contribution >= 4 is 56.6 Å². The van der Waals surface area contributed by atoms with Crippen LogP contribution in [0.2, 0.25) is 5.15 Å². The van der Waals surface area contributed by atoms with Gasteiger partial charge in [-0.2, -0.15) is 31.4 Å². The average molecular weight is 863 g/mol. The van der Waals surface area contributed by atoms with Crippen molar-refractivity contribution in [2.24, 2.45) is 11.8 Å². The zero-order valence-electron chi connectivity index (χ0n) is 32.7. The number of amides is 2. The number of alkyl halides is 6. The molecule has 2 aliphatic heterocycles. The fourth-order valence-electron chi connectivity index (χ4n) is 7.52. The summed E-state index contributed by atoms with van der Waals surface area (Å²) in [5.41, 5.74) is 3.72. The third-order valence-corrected chi connectivity index (χ3v) is 11.3. The van der Waals surface area contributed by atoms with Crippen molar-refractivity contribution in [1.29, 1.82) is 0 Å². The highest BCUT2D eigenvalue weighted by Crippen LogP contribution is 2.33. The van der Waals surface area contributed by atoms with E-state index in [0.717, 1.165) is 44.2 Å². The molecule has 2 aliphatic rings. The average Bonchev–Trinajstić information content (AvgIpc) is 3.27. The molecule has 6 aromatic rings. The number of carbonyl (C=O) groups is 2. The lowest BCUT2D eigenvalue weighted by Gasteiger charge is -2.32. The third kappa shape index (κ3) is 11.0. The van der Waals surface area contributed by atoms with Gasteiger partial charge in [-0.1, -0.05) is 84.4 Å². The van der Waals surface area contributed by atoms with Gasteiger partial charge in [0.05, 0.1) is 6.20 Å². The summed E-state index contributed by atoms with van der Waals surface area (Å²) in [5, 5.41) is 25.5. The number of nitrogens with one attached hydrogen (secondary N) is 2. The fraction of sp³-hybridized carbons (Fsp3) is 0.318. The maximum Gasteiger partial charge on any atom is 0.471 e. The molecule has 4 heterocycles. The number of aromatic nitrogens is 4. The van der Waals surface area contributed by atoms with Gasteiger partial charge in [0.1, 0.15) is 0 Å². The van der Waals surface area contributed by atoms with E-state index in [-0.39, 0.29) is 24.9 Å². The number of fused-ring (bicyclic) bond motifs is 2. The lowest BCUT2D eigenvalue weighted by molar-refractivity contribution is -0.173. The molecule has 318 valence electrons. The van der Waals surface area contributed by atoms with Gasteiger partial charge in [0.25, 0.3) is 0 Å². The van der Waals surface area contributed by atoms with Crippen LogP contribution in [0.25, 0.3) is 43.8 Å². The topological polar surface area (TPSA) is 116 Å². The molecule has 2 aromatic heterocycles. The highest BCUT2D eigenvalue weighted by Gasteiger charge is 2.39. The highest BCUT2D eigenvalue weighted by atomic mass is 35.5. The molecule has 0 radical (unpaired) electrons. The van der Waals surface area contributed by atoms with E-state index < -0.39 is 24.2 Å². The second kappa shape index (κ2) is 18.7. The van der Waals surface area contributed by atoms with E-state index in [4.69, 9.17) is 11.6 Å². The SMILES string of the molecule is O=C(NCC1CCN(c2cc(-c3ccc4ccccc4c3)c(Cl)nn2)CC1)C(F)(F)F.O=C(NCC1CCN(c2cc(-c3ccc4ccccc4c3)cnn2)CC1)C(F)(F)F. The van der Waals surface area contributed by atoms with E-state index in [9.17, 15) is 35.9 Å². The van der Waals surface area contributed by atoms with Crippen molar-refractivity contribution in [3.05, 3.63) is 108 Å². The Morgan fingerprint density at radius 2 is 1.03 bits per heavy atom.